The fourth-order valence-corrected chi connectivity index (χ4v) is 9.19. The summed E-state index contributed by atoms with van der Waals surface area (Å²) in [6.45, 7) is 0.312. The third-order valence-corrected chi connectivity index (χ3v) is 11.4. The molecule has 3 aromatic heterocycles. The molecule has 0 radical (unpaired) electrons. The fraction of sp³-hybridized carbons (Fsp3) is 0.320. The number of aromatic nitrogens is 4. The summed E-state index contributed by atoms with van der Waals surface area (Å²) in [4.78, 5) is 59.7. The summed E-state index contributed by atoms with van der Waals surface area (Å²) in [5.41, 5.74) is 8.13. The minimum atomic E-state index is -1.30. The van der Waals surface area contributed by atoms with Crippen LogP contribution in [0.15, 0.2) is 39.1 Å². The lowest BCUT2D eigenvalue weighted by molar-refractivity contribution is -0.695. The van der Waals surface area contributed by atoms with Gasteiger partial charge in [0, 0.05) is 41.1 Å². The first-order valence-corrected chi connectivity index (χ1v) is 16.7. The molecule has 1 unspecified atom stereocenters. The number of carbonyl (C=O) groups excluding carboxylic acids is 2. The molecule has 1 fully saturated rings. The molecule has 2 atom stereocenters. The number of anilines is 1. The number of nitrogens with one attached hydrogen (secondary N) is 1. The average molecular weight is 676 g/mol. The van der Waals surface area contributed by atoms with Crippen molar-refractivity contribution in [3.8, 4) is 0 Å². The van der Waals surface area contributed by atoms with Crippen molar-refractivity contribution in [2.45, 2.75) is 41.6 Å². The van der Waals surface area contributed by atoms with Crippen LogP contribution >= 0.6 is 46.4 Å². The quantitative estimate of drug-likeness (QED) is 0.0502. The van der Waals surface area contributed by atoms with E-state index >= 15 is 0 Å². The molecule has 3 aromatic rings. The Hall–Kier alpha value is -4.07. The second kappa shape index (κ2) is 12.1. The lowest BCUT2D eigenvalue weighted by Gasteiger charge is -2.49. The summed E-state index contributed by atoms with van der Waals surface area (Å²) >= 11 is 4.30. The number of nitrogens with zero attached hydrogens (tertiary/aromatic N) is 6. The second-order valence-electron chi connectivity index (χ2n) is 9.83. The van der Waals surface area contributed by atoms with Crippen LogP contribution in [0.2, 0.25) is 0 Å². The summed E-state index contributed by atoms with van der Waals surface area (Å²) in [5, 5.41) is 33.9. The lowest BCUT2D eigenvalue weighted by atomic mass is 10.0. The largest absolute Gasteiger partial charge is 0.477 e. The van der Waals surface area contributed by atoms with E-state index in [4.69, 9.17) is 5.73 Å². The van der Waals surface area contributed by atoms with E-state index in [1.54, 1.807) is 0 Å². The number of pyridine rings is 1. The Kier molecular flexibility index (Phi) is 8.27. The zero-order valence-electron chi connectivity index (χ0n) is 22.5. The molecule has 0 saturated carbocycles. The Balaban J connectivity index is 1.16. The third kappa shape index (κ3) is 5.51. The van der Waals surface area contributed by atoms with Crippen LogP contribution in [-0.4, -0.2) is 87.0 Å². The van der Waals surface area contributed by atoms with Crippen molar-refractivity contribution in [3.05, 3.63) is 57.3 Å². The summed E-state index contributed by atoms with van der Waals surface area (Å²) in [7, 11) is 0. The number of carboxylic acids is 2. The predicted octanol–water partition coefficient (Wildman–Crippen LogP) is 0.809. The highest BCUT2D eigenvalue weighted by Crippen LogP contribution is 2.42. The van der Waals surface area contributed by atoms with Crippen LogP contribution < -0.4 is 15.6 Å². The number of hydrogen-bond acceptors (Lipinski definition) is 14. The van der Waals surface area contributed by atoms with Gasteiger partial charge in [0.15, 0.2) is 27.9 Å². The number of β-lactam (4-membered cyclic amide) rings is 1. The van der Waals surface area contributed by atoms with Gasteiger partial charge >= 0.3 is 11.9 Å². The topological polar surface area (TPSA) is 225 Å². The monoisotopic (exact) mass is 675 g/mol. The number of rotatable bonds is 10. The van der Waals surface area contributed by atoms with Crippen LogP contribution in [0.25, 0.3) is 0 Å². The van der Waals surface area contributed by atoms with Crippen molar-refractivity contribution >= 4 is 81.0 Å². The highest BCUT2D eigenvalue weighted by atomic mass is 32.2. The number of thioether (sulfide) groups is 2. The summed E-state index contributed by atoms with van der Waals surface area (Å²) in [5.74, 6) is -3.74. The Morgan fingerprint density at radius 2 is 2.05 bits per heavy atom. The molecule has 3 aliphatic rings. The molecular formula is C25H23N8O7S4+. The number of thiazole rings is 1. The van der Waals surface area contributed by atoms with Gasteiger partial charge in [-0.25, -0.2) is 14.6 Å². The summed E-state index contributed by atoms with van der Waals surface area (Å²) < 4.78 is 6.34. The molecule has 0 bridgehead atoms. The number of nitrogens with two attached hydrogens (primary N) is 1. The van der Waals surface area contributed by atoms with Crippen LogP contribution in [0.3, 0.4) is 0 Å². The van der Waals surface area contributed by atoms with E-state index in [0.29, 0.717) is 22.2 Å². The normalized spacial score (nSPS) is 19.4. The van der Waals surface area contributed by atoms with E-state index in [2.05, 4.69) is 30.9 Å². The number of amides is 2. The van der Waals surface area contributed by atoms with Gasteiger partial charge in [-0.3, -0.25) is 14.5 Å². The number of aryl methyl sites for hydroxylation is 1. The fourth-order valence-electron chi connectivity index (χ4n) is 5.26. The van der Waals surface area contributed by atoms with Gasteiger partial charge in [-0.1, -0.05) is 16.9 Å². The number of carbonyl (C=O) groups is 4. The van der Waals surface area contributed by atoms with Crippen LogP contribution in [0.1, 0.15) is 38.9 Å². The van der Waals surface area contributed by atoms with Gasteiger partial charge in [-0.2, -0.15) is 13.9 Å². The van der Waals surface area contributed by atoms with E-state index < -0.39 is 40.9 Å². The molecule has 0 aromatic carbocycles. The average Bonchev–Trinajstić information content (AvgIpc) is 3.75. The lowest BCUT2D eigenvalue weighted by Crippen LogP contribution is -2.71. The van der Waals surface area contributed by atoms with Gasteiger partial charge < -0.3 is 26.5 Å². The number of oxime groups is 1. The van der Waals surface area contributed by atoms with Crippen LogP contribution in [0.4, 0.5) is 5.13 Å². The minimum Gasteiger partial charge on any atom is -0.477 e. The summed E-state index contributed by atoms with van der Waals surface area (Å²) in [6, 6.07) is 2.96. The van der Waals surface area contributed by atoms with Crippen molar-refractivity contribution in [2.24, 2.45) is 5.16 Å². The van der Waals surface area contributed by atoms with Gasteiger partial charge in [-0.15, -0.1) is 23.1 Å². The molecule has 0 spiro atoms. The molecule has 5 heterocycles. The van der Waals surface area contributed by atoms with Gasteiger partial charge in [0.2, 0.25) is 11.5 Å². The minimum absolute atomic E-state index is 0.0516. The third-order valence-electron chi connectivity index (χ3n) is 7.21. The van der Waals surface area contributed by atoms with Crippen molar-refractivity contribution in [2.75, 3.05) is 17.2 Å². The van der Waals surface area contributed by atoms with Crippen molar-refractivity contribution in [1.29, 1.82) is 0 Å². The van der Waals surface area contributed by atoms with Crippen molar-refractivity contribution < 1.29 is 39.2 Å². The molecule has 6 rings (SSSR count). The van der Waals surface area contributed by atoms with E-state index in [0.717, 1.165) is 47.0 Å². The zero-order valence-corrected chi connectivity index (χ0v) is 25.8. The smallest absolute Gasteiger partial charge is 0.352 e. The van der Waals surface area contributed by atoms with Gasteiger partial charge in [0.1, 0.15) is 27.7 Å². The van der Waals surface area contributed by atoms with Crippen molar-refractivity contribution in [3.63, 3.8) is 0 Å². The maximum Gasteiger partial charge on any atom is 0.352 e. The van der Waals surface area contributed by atoms with Gasteiger partial charge in [-0.05, 0) is 24.5 Å². The van der Waals surface area contributed by atoms with Crippen molar-refractivity contribution in [1.82, 2.24) is 24.6 Å². The molecule has 2 aliphatic heterocycles. The zero-order chi connectivity index (χ0) is 31.1. The van der Waals surface area contributed by atoms with Crippen LogP contribution in [0.5, 0.6) is 0 Å². The number of nitrogen functional groups attached to an aromatic ring is 1. The van der Waals surface area contributed by atoms with E-state index in [1.807, 2.05) is 16.8 Å². The molecule has 19 heteroatoms. The number of carboxylic acid groups (broad SMARTS) is 2. The molecular weight excluding hydrogens is 653 g/mol. The first-order chi connectivity index (χ1) is 21.2. The Morgan fingerprint density at radius 1 is 1.23 bits per heavy atom. The highest BCUT2D eigenvalue weighted by Gasteiger charge is 2.54. The molecule has 15 nitrogen and oxygen atoms in total. The maximum absolute atomic E-state index is 13.1. The van der Waals surface area contributed by atoms with E-state index in [1.165, 1.54) is 34.8 Å². The molecule has 1 aliphatic carbocycles. The van der Waals surface area contributed by atoms with E-state index in [9.17, 15) is 34.6 Å². The SMILES string of the molecule is Nc1nc(/C(=N/O)C(=O)N[C@@H]2C(=O)N3C(C(=O)O)=C(CSc4nc(C[n+]5cccc6c5CCC6)c(C(=O)O)s4)CSC23)ns1. The molecule has 2 amide bonds. The number of hydrogen-bond donors (Lipinski definition) is 5. The molecule has 228 valence electrons. The van der Waals surface area contributed by atoms with Gasteiger partial charge in [0.25, 0.3) is 11.8 Å². The Labute approximate surface area is 265 Å². The molecule has 44 heavy (non-hydrogen) atoms. The summed E-state index contributed by atoms with van der Waals surface area (Å²) in [6.07, 6.45) is 4.88. The number of fused-ring (bicyclic) bond motifs is 2. The second-order valence-corrected chi connectivity index (χ2v) is 13.9. The van der Waals surface area contributed by atoms with Gasteiger partial charge in [0.05, 0.1) is 0 Å². The first-order valence-electron chi connectivity index (χ1n) is 13.0. The number of aromatic carboxylic acids is 1. The highest BCUT2D eigenvalue weighted by molar-refractivity contribution is 8.01. The Morgan fingerprint density at radius 3 is 2.75 bits per heavy atom. The predicted molar refractivity (Wildman–Crippen MR) is 160 cm³/mol. The number of aliphatic carboxylic acids is 1. The molecule has 6 N–H and O–H groups in total. The standard InChI is InChI=1S/C25H22N8O7S4/c26-24-29-18(31-44-24)14(30-40)19(34)28-15-20(35)33-16(22(36)37)11(8-41-21(15)33)9-42-25-27-12(17(43-25)23(38)39)7-32-6-2-4-10-3-1-5-13(10)32/h2,4,6,15,21H,1,3,5,7-9H2,(H5-,26,28,29,31,34,36,37,38,39,40)/p+1/t15-,21?/m1/s1. The van der Waals surface area contributed by atoms with Crippen LogP contribution in [-0.2, 0) is 33.8 Å². The molecule has 1 saturated heterocycles. The Bertz CT molecular complexity index is 1770. The maximum atomic E-state index is 13.1. The first kappa shape index (κ1) is 30.0. The van der Waals surface area contributed by atoms with E-state index in [-0.39, 0.29) is 33.0 Å². The van der Waals surface area contributed by atoms with Crippen LogP contribution in [0, 0.1) is 0 Å².